The SMILES string of the molecule is Cc1nc(N2CCC3(CC2)Cc2ncccc2[C@H]3N)c2ccnn2c1C1=CC=[N+](C)C(=O)C1F. The fourth-order valence-corrected chi connectivity index (χ4v) is 5.80. The predicted molar refractivity (Wildman–Crippen MR) is 127 cm³/mol. The highest BCUT2D eigenvalue weighted by Crippen LogP contribution is 2.50. The van der Waals surface area contributed by atoms with Crippen molar-refractivity contribution in [2.24, 2.45) is 11.1 Å². The van der Waals surface area contributed by atoms with Gasteiger partial charge in [0.1, 0.15) is 12.6 Å². The first-order chi connectivity index (χ1) is 16.4. The van der Waals surface area contributed by atoms with Gasteiger partial charge in [-0.15, -0.1) is 0 Å². The Hall–Kier alpha value is -3.46. The van der Waals surface area contributed by atoms with Gasteiger partial charge in [-0.1, -0.05) is 6.07 Å². The molecule has 1 unspecified atom stereocenters. The predicted octanol–water partition coefficient (Wildman–Crippen LogP) is 2.25. The van der Waals surface area contributed by atoms with Crippen LogP contribution in [0.3, 0.4) is 0 Å². The smallest absolute Gasteiger partial charge is 0.355 e. The minimum atomic E-state index is -1.75. The minimum Gasteiger partial charge on any atom is -0.355 e. The van der Waals surface area contributed by atoms with E-state index in [0.29, 0.717) is 11.4 Å². The normalized spacial score (nSPS) is 23.9. The van der Waals surface area contributed by atoms with E-state index in [1.54, 1.807) is 30.1 Å². The third-order valence-electron chi connectivity index (χ3n) is 7.79. The maximum atomic E-state index is 15.0. The van der Waals surface area contributed by atoms with Gasteiger partial charge >= 0.3 is 5.91 Å². The molecule has 1 aliphatic carbocycles. The fourth-order valence-electron chi connectivity index (χ4n) is 5.80. The van der Waals surface area contributed by atoms with Crippen LogP contribution in [0.2, 0.25) is 0 Å². The molecule has 1 amide bonds. The molecule has 2 N–H and O–H groups in total. The van der Waals surface area contributed by atoms with E-state index < -0.39 is 12.1 Å². The molecule has 3 aromatic rings. The molecule has 2 atom stereocenters. The lowest BCUT2D eigenvalue weighted by molar-refractivity contribution is -0.417. The monoisotopic (exact) mass is 460 g/mol. The lowest BCUT2D eigenvalue weighted by atomic mass is 9.73. The summed E-state index contributed by atoms with van der Waals surface area (Å²) in [7, 11) is 1.55. The highest BCUT2D eigenvalue weighted by Gasteiger charge is 2.47. The van der Waals surface area contributed by atoms with Crippen molar-refractivity contribution in [3.05, 3.63) is 59.3 Å². The van der Waals surface area contributed by atoms with Gasteiger partial charge < -0.3 is 10.6 Å². The van der Waals surface area contributed by atoms with Crippen molar-refractivity contribution in [3.63, 3.8) is 0 Å². The number of nitrogens with two attached hydrogens (primary N) is 1. The topological polar surface area (TPSA) is 92.4 Å². The molecule has 0 bridgehead atoms. The molecule has 3 aromatic heterocycles. The molecule has 5 heterocycles. The molecule has 0 saturated carbocycles. The maximum Gasteiger partial charge on any atom is 0.425 e. The largest absolute Gasteiger partial charge is 0.425 e. The molecule has 0 radical (unpaired) electrons. The Morgan fingerprint density at radius 1 is 1.24 bits per heavy atom. The molecule has 34 heavy (non-hydrogen) atoms. The molecule has 3 aliphatic rings. The number of hydrogen-bond acceptors (Lipinski definition) is 6. The number of allylic oxidation sites excluding steroid dienone is 1. The van der Waals surface area contributed by atoms with Crippen LogP contribution in [0.25, 0.3) is 11.1 Å². The highest BCUT2D eigenvalue weighted by molar-refractivity contribution is 6.00. The van der Waals surface area contributed by atoms with Gasteiger partial charge in [0, 0.05) is 42.7 Å². The summed E-state index contributed by atoms with van der Waals surface area (Å²) in [5.41, 5.74) is 11.3. The summed E-state index contributed by atoms with van der Waals surface area (Å²) in [4.78, 5) is 24.0. The van der Waals surface area contributed by atoms with E-state index >= 15 is 0 Å². The van der Waals surface area contributed by atoms with Crippen LogP contribution < -0.4 is 10.6 Å². The fraction of sp³-hybridized carbons (Fsp3) is 0.400. The van der Waals surface area contributed by atoms with Gasteiger partial charge in [-0.3, -0.25) is 4.98 Å². The van der Waals surface area contributed by atoms with Crippen LogP contribution in [-0.2, 0) is 11.2 Å². The Morgan fingerprint density at radius 2 is 2.03 bits per heavy atom. The van der Waals surface area contributed by atoms with Crippen molar-refractivity contribution >= 4 is 29.0 Å². The van der Waals surface area contributed by atoms with Gasteiger partial charge in [-0.2, -0.15) is 9.67 Å². The second-order valence-corrected chi connectivity index (χ2v) is 9.62. The van der Waals surface area contributed by atoms with Crippen LogP contribution in [0.4, 0.5) is 10.2 Å². The van der Waals surface area contributed by atoms with Crippen LogP contribution in [-0.4, -0.2) is 62.6 Å². The lowest BCUT2D eigenvalue weighted by Gasteiger charge is -2.42. The molecule has 6 rings (SSSR count). The summed E-state index contributed by atoms with van der Waals surface area (Å²) >= 11 is 0. The summed E-state index contributed by atoms with van der Waals surface area (Å²) < 4.78 is 18.0. The number of nitrogens with zero attached hydrogens (tertiary/aromatic N) is 6. The molecule has 8 nitrogen and oxygen atoms in total. The number of halogens is 1. The molecule has 1 spiro atoms. The van der Waals surface area contributed by atoms with E-state index in [0.717, 1.165) is 49.4 Å². The summed E-state index contributed by atoms with van der Waals surface area (Å²) in [5.74, 6) is 0.237. The third kappa shape index (κ3) is 2.96. The number of pyridine rings is 1. The van der Waals surface area contributed by atoms with E-state index in [2.05, 4.69) is 21.0 Å². The number of hydrogen-bond donors (Lipinski definition) is 1. The number of amides is 1. The summed E-state index contributed by atoms with van der Waals surface area (Å²) in [6, 6.07) is 5.96. The van der Waals surface area contributed by atoms with E-state index in [1.165, 1.54) is 10.1 Å². The number of aryl methyl sites for hydroxylation is 1. The van der Waals surface area contributed by atoms with Crippen molar-refractivity contribution in [1.82, 2.24) is 19.6 Å². The van der Waals surface area contributed by atoms with Gasteiger partial charge in [-0.05, 0) is 49.3 Å². The van der Waals surface area contributed by atoms with Gasteiger partial charge in [0.15, 0.2) is 12.0 Å². The Morgan fingerprint density at radius 3 is 2.79 bits per heavy atom. The zero-order chi connectivity index (χ0) is 23.6. The first-order valence-corrected chi connectivity index (χ1v) is 11.6. The molecular formula is C25H27FN7O+. The van der Waals surface area contributed by atoms with E-state index in [-0.39, 0.29) is 17.0 Å². The highest BCUT2D eigenvalue weighted by atomic mass is 19.1. The van der Waals surface area contributed by atoms with Crippen molar-refractivity contribution in [3.8, 4) is 0 Å². The van der Waals surface area contributed by atoms with E-state index in [9.17, 15) is 9.18 Å². The standard InChI is InChI=1S/C25H27FN7O/c1-15-21(17-6-11-31(2)24(34)20(17)26)33-19(5-10-29-33)23(30-15)32-12-7-25(8-13-32)14-18-16(22(25)27)4-3-9-28-18/h3-6,9-11,20,22H,7-8,12-14,27H2,1-2H3/q+1/t20?,22-/m1/s1. The van der Waals surface area contributed by atoms with Gasteiger partial charge in [0.2, 0.25) is 0 Å². The molecule has 1 fully saturated rings. The quantitative estimate of drug-likeness (QED) is 0.590. The van der Waals surface area contributed by atoms with E-state index in [4.69, 9.17) is 10.7 Å². The average molecular weight is 461 g/mol. The number of rotatable bonds is 2. The Labute approximate surface area is 196 Å². The first-order valence-electron chi connectivity index (χ1n) is 11.6. The third-order valence-corrected chi connectivity index (χ3v) is 7.79. The molecule has 2 aliphatic heterocycles. The first kappa shape index (κ1) is 21.1. The average Bonchev–Trinajstić information content (AvgIpc) is 3.42. The molecule has 0 aromatic carbocycles. The maximum absolute atomic E-state index is 15.0. The Balaban J connectivity index is 1.33. The number of piperidine rings is 1. The second-order valence-electron chi connectivity index (χ2n) is 9.62. The van der Waals surface area contributed by atoms with Crippen LogP contribution in [0.15, 0.2) is 36.7 Å². The number of carbonyl (C=O) groups is 1. The Bertz CT molecular complexity index is 1380. The van der Waals surface area contributed by atoms with Crippen molar-refractivity contribution in [1.29, 1.82) is 0 Å². The number of anilines is 1. The number of fused-ring (bicyclic) bond motifs is 2. The molecular weight excluding hydrogens is 433 g/mol. The molecule has 174 valence electrons. The second kappa shape index (κ2) is 7.53. The minimum absolute atomic E-state index is 0.00273. The zero-order valence-corrected chi connectivity index (χ0v) is 19.3. The number of alkyl halides is 1. The summed E-state index contributed by atoms with van der Waals surface area (Å²) in [6.45, 7) is 3.48. The van der Waals surface area contributed by atoms with Crippen molar-refractivity contribution in [2.75, 3.05) is 25.0 Å². The van der Waals surface area contributed by atoms with Gasteiger partial charge in [0.25, 0.3) is 6.17 Å². The van der Waals surface area contributed by atoms with Crippen LogP contribution in [0, 0.1) is 12.3 Å². The van der Waals surface area contributed by atoms with Gasteiger partial charge in [0.05, 0.1) is 17.6 Å². The summed E-state index contributed by atoms with van der Waals surface area (Å²) in [6.07, 6.45) is 7.81. The number of carbonyl (C=O) groups excluding carboxylic acids is 1. The van der Waals surface area contributed by atoms with E-state index in [1.807, 2.05) is 25.3 Å². The van der Waals surface area contributed by atoms with Crippen LogP contribution in [0.1, 0.15) is 41.5 Å². The van der Waals surface area contributed by atoms with Gasteiger partial charge in [-0.25, -0.2) is 18.7 Å². The Kier molecular flexibility index (Phi) is 4.67. The van der Waals surface area contributed by atoms with Crippen molar-refractivity contribution in [2.45, 2.75) is 38.4 Å². The van der Waals surface area contributed by atoms with Crippen LogP contribution in [0.5, 0.6) is 0 Å². The summed E-state index contributed by atoms with van der Waals surface area (Å²) in [5, 5.41) is 4.47. The number of aromatic nitrogens is 4. The van der Waals surface area contributed by atoms with Crippen molar-refractivity contribution < 1.29 is 13.8 Å². The molecule has 1 saturated heterocycles. The zero-order valence-electron chi connectivity index (χ0n) is 19.3. The molecule has 9 heteroatoms. The lowest BCUT2D eigenvalue weighted by Crippen LogP contribution is -2.44. The van der Waals surface area contributed by atoms with Crippen LogP contribution >= 0.6 is 0 Å².